The molecule has 0 aliphatic carbocycles. The molecule has 6 heterocycles. The first-order valence-electron chi connectivity index (χ1n) is 16.1. The molecular weight excluding hydrogens is 573 g/mol. The largest absolute Gasteiger partial charge is 0.372 e. The third-order valence-corrected chi connectivity index (χ3v) is 9.31. The Morgan fingerprint density at radius 2 is 0.723 bits per heavy atom. The average Bonchev–Trinajstić information content (AvgIpc) is 3.97. The molecule has 0 saturated heterocycles. The molecule has 0 atom stereocenters. The van der Waals surface area contributed by atoms with Crippen molar-refractivity contribution >= 4 is 29.4 Å². The van der Waals surface area contributed by atoms with E-state index in [4.69, 9.17) is 0 Å². The van der Waals surface area contributed by atoms with Gasteiger partial charge >= 0.3 is 6.85 Å². The predicted molar refractivity (Wildman–Crippen MR) is 193 cm³/mol. The van der Waals surface area contributed by atoms with Crippen LogP contribution in [0.25, 0.3) is 22.7 Å². The molecule has 224 valence electrons. The summed E-state index contributed by atoms with van der Waals surface area (Å²) in [6.07, 6.45) is 13.6. The second-order valence-corrected chi connectivity index (χ2v) is 12.0. The van der Waals surface area contributed by atoms with Gasteiger partial charge in [0.1, 0.15) is 0 Å². The van der Waals surface area contributed by atoms with E-state index in [0.717, 1.165) is 6.42 Å². The Bertz CT molecular complexity index is 2150. The molecule has 0 bridgehead atoms. The summed E-state index contributed by atoms with van der Waals surface area (Å²) in [6.45, 7) is 0.194. The Morgan fingerprint density at radius 3 is 1.17 bits per heavy atom. The summed E-state index contributed by atoms with van der Waals surface area (Å²) in [5.74, 6) is 0. The van der Waals surface area contributed by atoms with E-state index in [1.165, 1.54) is 56.4 Å². The van der Waals surface area contributed by atoms with Crippen molar-refractivity contribution in [3.8, 4) is 22.7 Å². The fourth-order valence-electron chi connectivity index (χ4n) is 7.26. The van der Waals surface area contributed by atoms with E-state index < -0.39 is 0 Å². The van der Waals surface area contributed by atoms with E-state index in [1.807, 2.05) is 0 Å². The highest BCUT2D eigenvalue weighted by Gasteiger charge is 2.42. The fraction of sp³-hybridized carbons (Fsp3) is 0.0244. The van der Waals surface area contributed by atoms with Crippen LogP contribution in [-0.4, -0.2) is 25.1 Å². The molecule has 0 spiro atoms. The van der Waals surface area contributed by atoms with Crippen LogP contribution < -0.4 is 16.0 Å². The van der Waals surface area contributed by atoms with E-state index in [1.54, 1.807) is 0 Å². The van der Waals surface area contributed by atoms with Gasteiger partial charge < -0.3 is 23.1 Å². The van der Waals surface area contributed by atoms with E-state index in [0.29, 0.717) is 0 Å². The second-order valence-electron chi connectivity index (χ2n) is 12.0. The zero-order valence-corrected chi connectivity index (χ0v) is 25.8. The van der Waals surface area contributed by atoms with Crippen molar-refractivity contribution in [2.24, 2.45) is 0 Å². The molecular formula is C41H32BN5. The third kappa shape index (κ3) is 4.57. The van der Waals surface area contributed by atoms with Crippen molar-refractivity contribution in [3.05, 3.63) is 194 Å². The Kier molecular flexibility index (Phi) is 6.56. The van der Waals surface area contributed by atoms with Crippen molar-refractivity contribution in [2.45, 2.75) is 6.42 Å². The van der Waals surface area contributed by atoms with Gasteiger partial charge in [0.15, 0.2) is 0 Å². The number of nitrogens with zero attached hydrogens (tertiary/aromatic N) is 5. The lowest BCUT2D eigenvalue weighted by Gasteiger charge is -2.42. The Hall–Kier alpha value is -6.14. The first kappa shape index (κ1) is 27.2. The lowest BCUT2D eigenvalue weighted by molar-refractivity contribution is 1.00. The third-order valence-electron chi connectivity index (χ3n) is 9.31. The first-order valence-corrected chi connectivity index (χ1v) is 16.1. The van der Waals surface area contributed by atoms with Crippen molar-refractivity contribution in [2.75, 3.05) is 4.81 Å². The molecule has 2 aliphatic heterocycles. The number of para-hydroxylation sites is 6. The Labute approximate surface area is 274 Å². The first-order chi connectivity index (χ1) is 23.3. The molecule has 10 rings (SSSR count). The number of hydrogen-bond donors (Lipinski definition) is 0. The van der Waals surface area contributed by atoms with E-state index in [-0.39, 0.29) is 6.85 Å². The van der Waals surface area contributed by atoms with Crippen LogP contribution >= 0.6 is 0 Å². The van der Waals surface area contributed by atoms with Gasteiger partial charge in [-0.2, -0.15) is 0 Å². The number of rotatable bonds is 4. The molecule has 2 aliphatic rings. The minimum atomic E-state index is 0.194. The number of benzene rings is 4. The minimum Gasteiger partial charge on any atom is -0.372 e. The van der Waals surface area contributed by atoms with Gasteiger partial charge in [0.05, 0.1) is 22.7 Å². The lowest BCUT2D eigenvalue weighted by atomic mass is 9.51. The molecule has 47 heavy (non-hydrogen) atoms. The van der Waals surface area contributed by atoms with Crippen LogP contribution in [0.5, 0.6) is 0 Å². The standard InChI is InChI=1S/C21H18N2.C20H14BN3/c1-3-11-20(22-13-5-6-14-22)18(9-1)17-19-10-2-4-12-21(19)23-15-7-8-16-23;1-3-9-17-15(7-1)22-13-5-11-19(22)21-20-12-6-14-23(20)16-8-2-4-10-18(16)24(17)21/h1-16H,17H2;1-14H. The van der Waals surface area contributed by atoms with Crippen LogP contribution in [-0.2, 0) is 6.42 Å². The highest BCUT2D eigenvalue weighted by molar-refractivity contribution is 6.89. The maximum absolute atomic E-state index is 2.48. The number of anilines is 2. The summed E-state index contributed by atoms with van der Waals surface area (Å²) in [7, 11) is 0. The van der Waals surface area contributed by atoms with Gasteiger partial charge in [0, 0.05) is 66.2 Å². The van der Waals surface area contributed by atoms with Gasteiger partial charge in [-0.1, -0.05) is 60.7 Å². The molecule has 0 N–H and O–H groups in total. The fourth-order valence-corrected chi connectivity index (χ4v) is 7.26. The van der Waals surface area contributed by atoms with Crippen LogP contribution in [0.3, 0.4) is 0 Å². The zero-order valence-electron chi connectivity index (χ0n) is 25.8. The van der Waals surface area contributed by atoms with E-state index >= 15 is 0 Å². The van der Waals surface area contributed by atoms with Gasteiger partial charge in [-0.3, -0.25) is 0 Å². The molecule has 0 unspecified atom stereocenters. The Balaban J connectivity index is 0.000000129. The molecule has 0 saturated carbocycles. The predicted octanol–water partition coefficient (Wildman–Crippen LogP) is 7.70. The van der Waals surface area contributed by atoms with Gasteiger partial charge in [0.25, 0.3) is 0 Å². The highest BCUT2D eigenvalue weighted by atomic mass is 15.2. The molecule has 5 nitrogen and oxygen atoms in total. The van der Waals surface area contributed by atoms with Crippen LogP contribution in [0.2, 0.25) is 0 Å². The van der Waals surface area contributed by atoms with Gasteiger partial charge in [-0.15, -0.1) is 0 Å². The summed E-state index contributed by atoms with van der Waals surface area (Å²) in [6, 6.07) is 51.5. The zero-order chi connectivity index (χ0) is 31.2. The topological polar surface area (TPSA) is 23.0 Å². The summed E-state index contributed by atoms with van der Waals surface area (Å²) in [5.41, 5.74) is 12.7. The van der Waals surface area contributed by atoms with Crippen LogP contribution in [0.15, 0.2) is 183 Å². The van der Waals surface area contributed by atoms with Crippen LogP contribution in [0.1, 0.15) is 11.1 Å². The number of aromatic nitrogens is 4. The molecule has 0 amide bonds. The van der Waals surface area contributed by atoms with Crippen molar-refractivity contribution < 1.29 is 0 Å². The van der Waals surface area contributed by atoms with Crippen molar-refractivity contribution in [1.29, 1.82) is 0 Å². The van der Waals surface area contributed by atoms with Gasteiger partial charge in [0.2, 0.25) is 0 Å². The van der Waals surface area contributed by atoms with Crippen LogP contribution in [0, 0.1) is 0 Å². The maximum Gasteiger partial charge on any atom is 0.363 e. The molecule has 4 aromatic carbocycles. The SMILES string of the molecule is c1ccc(-n2cccc2)c(Cc2ccccc2-n2cccc2)c1.c1ccc2c(c1)N1B(c3cccn3-2)c2cccn2-c2ccccc21. The number of fused-ring (bicyclic) bond motifs is 11. The van der Waals surface area contributed by atoms with Gasteiger partial charge in [-0.05, 0) is 96.1 Å². The molecule has 6 heteroatoms. The summed E-state index contributed by atoms with van der Waals surface area (Å²) in [4.78, 5) is 2.48. The summed E-state index contributed by atoms with van der Waals surface area (Å²) >= 11 is 0. The Morgan fingerprint density at radius 1 is 0.340 bits per heavy atom. The average molecular weight is 606 g/mol. The van der Waals surface area contributed by atoms with Crippen LogP contribution in [0.4, 0.5) is 11.4 Å². The molecule has 0 fully saturated rings. The molecule has 0 radical (unpaired) electrons. The molecule has 8 aromatic rings. The van der Waals surface area contributed by atoms with Crippen molar-refractivity contribution in [3.63, 3.8) is 0 Å². The number of hydrogen-bond acceptors (Lipinski definition) is 1. The summed E-state index contributed by atoms with van der Waals surface area (Å²) < 4.78 is 8.99. The highest BCUT2D eigenvalue weighted by Crippen LogP contribution is 2.40. The van der Waals surface area contributed by atoms with Crippen molar-refractivity contribution in [1.82, 2.24) is 18.3 Å². The normalized spacial score (nSPS) is 12.3. The molecule has 4 aromatic heterocycles. The quantitative estimate of drug-likeness (QED) is 0.189. The monoisotopic (exact) mass is 605 g/mol. The summed E-state index contributed by atoms with van der Waals surface area (Å²) in [5, 5.41) is 0. The second kappa shape index (κ2) is 11.3. The van der Waals surface area contributed by atoms with Gasteiger partial charge in [-0.25, -0.2) is 0 Å². The van der Waals surface area contributed by atoms with E-state index in [2.05, 4.69) is 206 Å². The lowest BCUT2D eigenvalue weighted by Crippen LogP contribution is -2.63. The minimum absolute atomic E-state index is 0.194. The van der Waals surface area contributed by atoms with E-state index in [9.17, 15) is 0 Å². The smallest absolute Gasteiger partial charge is 0.363 e. The maximum atomic E-state index is 2.48.